The van der Waals surface area contributed by atoms with E-state index < -0.39 is 0 Å². The van der Waals surface area contributed by atoms with Crippen LogP contribution in [0.15, 0.2) is 6.07 Å². The lowest BCUT2D eigenvalue weighted by Gasteiger charge is -2.24. The molecule has 0 aromatic carbocycles. The second kappa shape index (κ2) is 4.91. The maximum Gasteiger partial charge on any atom is 0.0819 e. The predicted molar refractivity (Wildman–Crippen MR) is 76.0 cm³/mol. The van der Waals surface area contributed by atoms with Crippen LogP contribution in [0.2, 0.25) is 0 Å². The molecule has 0 saturated carbocycles. The smallest absolute Gasteiger partial charge is 0.0819 e. The molecule has 1 aromatic rings. The first-order valence-electron chi connectivity index (χ1n) is 6.06. The summed E-state index contributed by atoms with van der Waals surface area (Å²) in [5.41, 5.74) is 11.1. The number of nitrogens with zero attached hydrogens (tertiary/aromatic N) is 1. The zero-order valence-corrected chi connectivity index (χ0v) is 11.4. The van der Waals surface area contributed by atoms with Gasteiger partial charge in [-0.15, -0.1) is 12.4 Å². The van der Waals surface area contributed by atoms with Gasteiger partial charge in [0.1, 0.15) is 0 Å². The highest BCUT2D eigenvalue weighted by atomic mass is 35.5. The van der Waals surface area contributed by atoms with Crippen molar-refractivity contribution in [3.63, 3.8) is 0 Å². The molecule has 0 amide bonds. The molecule has 1 atom stereocenters. The fraction of sp³-hybridized carbons (Fsp3) is 0.538. The molecule has 1 heterocycles. The third-order valence-electron chi connectivity index (χ3n) is 3.78. The minimum atomic E-state index is 0. The first-order valence-corrected chi connectivity index (χ1v) is 6.47. The average molecular weight is 269 g/mol. The Balaban J connectivity index is 0.00000108. The molecule has 2 aliphatic rings. The van der Waals surface area contributed by atoms with Crippen molar-refractivity contribution in [2.45, 2.75) is 44.4 Å². The summed E-state index contributed by atoms with van der Waals surface area (Å²) >= 11 is 5.16. The van der Waals surface area contributed by atoms with Gasteiger partial charge in [0.25, 0.3) is 0 Å². The molecule has 2 nitrogen and oxygen atoms in total. The van der Waals surface area contributed by atoms with Crippen molar-refractivity contribution < 1.29 is 0 Å². The predicted octanol–water partition coefficient (Wildman–Crippen LogP) is 2.70. The van der Waals surface area contributed by atoms with E-state index in [4.69, 9.17) is 22.9 Å². The third-order valence-corrected chi connectivity index (χ3v) is 4.06. The number of fused-ring (bicyclic) bond motifs is 2. The number of hydrogen-bond acceptors (Lipinski definition) is 2. The lowest BCUT2D eigenvalue weighted by molar-refractivity contribution is 0.630. The molecular formula is C13H17ClN2S. The number of nitrogens with two attached hydrogens (primary N) is 1. The van der Waals surface area contributed by atoms with Gasteiger partial charge in [0.05, 0.1) is 16.6 Å². The van der Waals surface area contributed by atoms with Gasteiger partial charge >= 0.3 is 0 Å². The first kappa shape index (κ1) is 12.8. The normalized spacial score (nSPS) is 21.3. The molecule has 1 unspecified atom stereocenters. The van der Waals surface area contributed by atoms with Crippen molar-refractivity contribution in [1.82, 2.24) is 4.98 Å². The van der Waals surface area contributed by atoms with E-state index in [9.17, 15) is 0 Å². The Morgan fingerprint density at radius 3 is 2.76 bits per heavy atom. The van der Waals surface area contributed by atoms with Gasteiger partial charge in [-0.3, -0.25) is 4.98 Å². The van der Waals surface area contributed by atoms with Crippen LogP contribution in [0.25, 0.3) is 0 Å². The summed E-state index contributed by atoms with van der Waals surface area (Å²) < 4.78 is 0. The highest BCUT2D eigenvalue weighted by molar-refractivity contribution is 7.80. The first-order chi connectivity index (χ1) is 7.75. The summed E-state index contributed by atoms with van der Waals surface area (Å²) in [5.74, 6) is 0.227. The maximum absolute atomic E-state index is 5.82. The number of aryl methyl sites for hydroxylation is 3. The van der Waals surface area contributed by atoms with Crippen LogP contribution in [0.4, 0.5) is 0 Å². The van der Waals surface area contributed by atoms with E-state index in [1.807, 2.05) is 0 Å². The van der Waals surface area contributed by atoms with Gasteiger partial charge in [-0.25, -0.2) is 0 Å². The van der Waals surface area contributed by atoms with Crippen LogP contribution in [0, 0.1) is 0 Å². The lowest BCUT2D eigenvalue weighted by Crippen LogP contribution is -2.25. The summed E-state index contributed by atoms with van der Waals surface area (Å²) in [5, 5.41) is 0. The van der Waals surface area contributed by atoms with Gasteiger partial charge < -0.3 is 5.73 Å². The van der Waals surface area contributed by atoms with E-state index in [-0.39, 0.29) is 18.3 Å². The Bertz CT molecular complexity index is 459. The minimum Gasteiger partial charge on any atom is -0.393 e. The molecule has 17 heavy (non-hydrogen) atoms. The zero-order chi connectivity index (χ0) is 11.1. The van der Waals surface area contributed by atoms with E-state index in [1.54, 1.807) is 0 Å². The molecule has 0 radical (unpaired) electrons. The zero-order valence-electron chi connectivity index (χ0n) is 9.74. The highest BCUT2D eigenvalue weighted by Crippen LogP contribution is 2.33. The van der Waals surface area contributed by atoms with Crippen molar-refractivity contribution in [2.24, 2.45) is 5.73 Å². The number of hydrogen-bond donors (Lipinski definition) is 1. The molecule has 0 saturated heterocycles. The van der Waals surface area contributed by atoms with Crippen LogP contribution in [-0.4, -0.2) is 9.97 Å². The van der Waals surface area contributed by atoms with Gasteiger partial charge in [0.15, 0.2) is 0 Å². The van der Waals surface area contributed by atoms with E-state index in [0.29, 0.717) is 4.99 Å². The number of thiocarbonyl (C=S) groups is 1. The molecule has 92 valence electrons. The molecule has 0 bridgehead atoms. The monoisotopic (exact) mass is 268 g/mol. The van der Waals surface area contributed by atoms with E-state index in [0.717, 1.165) is 19.3 Å². The Morgan fingerprint density at radius 2 is 2.00 bits per heavy atom. The standard InChI is InChI=1S/C13H16N2S.ClH/c14-13(16)10-5-1-4-9-7-8-3-2-6-11(8)15-12(9)10;/h7,10H,1-6H2,(H2,14,16);1H. The van der Waals surface area contributed by atoms with Crippen molar-refractivity contribution in [1.29, 1.82) is 0 Å². The summed E-state index contributed by atoms with van der Waals surface area (Å²) in [7, 11) is 0. The SMILES string of the molecule is Cl.NC(=S)C1CCCc2cc3c(nc21)CCC3. The van der Waals surface area contributed by atoms with Crippen LogP contribution in [0.1, 0.15) is 47.7 Å². The van der Waals surface area contributed by atoms with Crippen molar-refractivity contribution in [3.05, 3.63) is 28.6 Å². The van der Waals surface area contributed by atoms with Gasteiger partial charge in [0.2, 0.25) is 0 Å². The number of halogens is 1. The topological polar surface area (TPSA) is 38.9 Å². The van der Waals surface area contributed by atoms with Crippen LogP contribution in [0.3, 0.4) is 0 Å². The molecule has 1 aromatic heterocycles. The molecule has 0 fully saturated rings. The molecule has 2 N–H and O–H groups in total. The molecular weight excluding hydrogens is 252 g/mol. The van der Waals surface area contributed by atoms with Crippen LogP contribution in [-0.2, 0) is 19.3 Å². The fourth-order valence-electron chi connectivity index (χ4n) is 2.95. The highest BCUT2D eigenvalue weighted by Gasteiger charge is 2.26. The van der Waals surface area contributed by atoms with E-state index in [1.165, 1.54) is 41.8 Å². The van der Waals surface area contributed by atoms with Crippen LogP contribution < -0.4 is 5.73 Å². The second-order valence-electron chi connectivity index (χ2n) is 4.84. The van der Waals surface area contributed by atoms with Crippen molar-refractivity contribution in [3.8, 4) is 0 Å². The van der Waals surface area contributed by atoms with Crippen molar-refractivity contribution >= 4 is 29.6 Å². The number of pyridine rings is 1. The summed E-state index contributed by atoms with van der Waals surface area (Å²) in [6.07, 6.45) is 7.00. The van der Waals surface area contributed by atoms with Gasteiger partial charge in [-0.1, -0.05) is 18.3 Å². The molecule has 3 rings (SSSR count). The Kier molecular flexibility index (Phi) is 3.69. The molecule has 4 heteroatoms. The Morgan fingerprint density at radius 1 is 1.24 bits per heavy atom. The summed E-state index contributed by atoms with van der Waals surface area (Å²) in [6, 6.07) is 2.36. The van der Waals surface area contributed by atoms with Crippen molar-refractivity contribution in [2.75, 3.05) is 0 Å². The largest absolute Gasteiger partial charge is 0.393 e. The van der Waals surface area contributed by atoms with E-state index in [2.05, 4.69) is 6.07 Å². The Hall–Kier alpha value is -0.670. The fourth-order valence-corrected chi connectivity index (χ4v) is 3.18. The molecule has 0 spiro atoms. The number of aromatic nitrogens is 1. The second-order valence-corrected chi connectivity index (χ2v) is 5.31. The lowest BCUT2D eigenvalue weighted by atomic mass is 9.85. The third kappa shape index (κ3) is 2.18. The van der Waals surface area contributed by atoms with Crippen LogP contribution in [0.5, 0.6) is 0 Å². The Labute approximate surface area is 113 Å². The molecule has 0 aliphatic heterocycles. The minimum absolute atomic E-state index is 0. The quantitative estimate of drug-likeness (QED) is 0.796. The summed E-state index contributed by atoms with van der Waals surface area (Å²) in [4.78, 5) is 5.45. The maximum atomic E-state index is 5.82. The number of rotatable bonds is 1. The van der Waals surface area contributed by atoms with Gasteiger partial charge in [-0.2, -0.15) is 0 Å². The van der Waals surface area contributed by atoms with Crippen LogP contribution >= 0.6 is 24.6 Å². The van der Waals surface area contributed by atoms with E-state index >= 15 is 0 Å². The molecule has 2 aliphatic carbocycles. The van der Waals surface area contributed by atoms with Gasteiger partial charge in [0, 0.05) is 5.69 Å². The van der Waals surface area contributed by atoms with Gasteiger partial charge in [-0.05, 0) is 49.7 Å². The average Bonchev–Trinajstić information content (AvgIpc) is 2.71. The summed E-state index contributed by atoms with van der Waals surface area (Å²) in [6.45, 7) is 0.